The minimum Gasteiger partial charge on any atom is -0.348 e. The summed E-state index contributed by atoms with van der Waals surface area (Å²) >= 11 is 1.44. The van der Waals surface area contributed by atoms with Gasteiger partial charge < -0.3 is 11.1 Å². The molecule has 1 aromatic heterocycles. The van der Waals surface area contributed by atoms with Crippen LogP contribution in [-0.2, 0) is 12.8 Å². The molecule has 0 radical (unpaired) electrons. The molecule has 0 aliphatic carbocycles. The molecule has 1 heterocycles. The van der Waals surface area contributed by atoms with Crippen LogP contribution in [0.25, 0.3) is 0 Å². The van der Waals surface area contributed by atoms with Gasteiger partial charge in [-0.05, 0) is 37.6 Å². The highest BCUT2D eigenvalue weighted by atomic mass is 32.1. The van der Waals surface area contributed by atoms with Gasteiger partial charge in [-0.2, -0.15) is 0 Å². The van der Waals surface area contributed by atoms with Crippen LogP contribution in [0.5, 0.6) is 0 Å². The van der Waals surface area contributed by atoms with Crippen molar-refractivity contribution < 1.29 is 9.18 Å². The zero-order chi connectivity index (χ0) is 15.2. The molecule has 112 valence electrons. The molecule has 0 spiro atoms. The van der Waals surface area contributed by atoms with E-state index in [9.17, 15) is 9.18 Å². The molecular weight excluding hydrogens is 289 g/mol. The second-order valence-electron chi connectivity index (χ2n) is 4.87. The molecule has 0 aliphatic rings. The molecule has 0 fully saturated rings. The van der Waals surface area contributed by atoms with Crippen molar-refractivity contribution in [2.75, 3.05) is 6.54 Å². The lowest BCUT2D eigenvalue weighted by atomic mass is 10.1. The Labute approximate surface area is 127 Å². The van der Waals surface area contributed by atoms with Crippen LogP contribution in [0.15, 0.2) is 29.6 Å². The number of rotatable bonds is 6. The highest BCUT2D eigenvalue weighted by Crippen LogP contribution is 2.11. The van der Waals surface area contributed by atoms with Crippen molar-refractivity contribution in [1.29, 1.82) is 0 Å². The summed E-state index contributed by atoms with van der Waals surface area (Å²) in [7, 11) is 0. The van der Waals surface area contributed by atoms with E-state index in [2.05, 4.69) is 10.3 Å². The van der Waals surface area contributed by atoms with E-state index in [-0.39, 0.29) is 17.8 Å². The summed E-state index contributed by atoms with van der Waals surface area (Å²) in [5, 5.41) is 5.51. The Hall–Kier alpha value is -1.79. The molecule has 1 aromatic carbocycles. The first-order chi connectivity index (χ1) is 10.1. The van der Waals surface area contributed by atoms with Crippen molar-refractivity contribution in [2.24, 2.45) is 5.73 Å². The topological polar surface area (TPSA) is 68.0 Å². The second-order valence-corrected chi connectivity index (χ2v) is 5.81. The van der Waals surface area contributed by atoms with Gasteiger partial charge in [-0.1, -0.05) is 12.1 Å². The SMILES string of the molecule is CC(Cc1ccc(F)cc1)NC(=O)c1csc(CCN)n1. The number of amides is 1. The Morgan fingerprint density at radius 1 is 1.43 bits per heavy atom. The van der Waals surface area contributed by atoms with Crippen LogP contribution in [0, 0.1) is 5.82 Å². The molecule has 1 unspecified atom stereocenters. The number of thiazole rings is 1. The Kier molecular flexibility index (Phi) is 5.41. The Bertz CT molecular complexity index is 597. The van der Waals surface area contributed by atoms with E-state index in [1.807, 2.05) is 6.92 Å². The molecule has 3 N–H and O–H groups in total. The quantitative estimate of drug-likeness (QED) is 0.859. The first-order valence-corrected chi connectivity index (χ1v) is 7.66. The van der Waals surface area contributed by atoms with E-state index >= 15 is 0 Å². The fourth-order valence-corrected chi connectivity index (χ4v) is 2.77. The van der Waals surface area contributed by atoms with Crippen LogP contribution in [-0.4, -0.2) is 23.5 Å². The molecule has 6 heteroatoms. The van der Waals surface area contributed by atoms with Gasteiger partial charge >= 0.3 is 0 Å². The smallest absolute Gasteiger partial charge is 0.270 e. The Morgan fingerprint density at radius 2 is 2.14 bits per heavy atom. The predicted octanol–water partition coefficient (Wildman–Crippen LogP) is 2.14. The van der Waals surface area contributed by atoms with Crippen LogP contribution < -0.4 is 11.1 Å². The van der Waals surface area contributed by atoms with Gasteiger partial charge in [0, 0.05) is 17.8 Å². The lowest BCUT2D eigenvalue weighted by Crippen LogP contribution is -2.34. The van der Waals surface area contributed by atoms with Gasteiger partial charge in [-0.3, -0.25) is 4.79 Å². The van der Waals surface area contributed by atoms with Gasteiger partial charge in [0.2, 0.25) is 0 Å². The first kappa shape index (κ1) is 15.6. The number of nitrogens with one attached hydrogen (secondary N) is 1. The maximum atomic E-state index is 12.8. The summed E-state index contributed by atoms with van der Waals surface area (Å²) in [6.07, 6.45) is 1.33. The molecule has 1 atom stereocenters. The van der Waals surface area contributed by atoms with Crippen LogP contribution in [0.4, 0.5) is 4.39 Å². The maximum absolute atomic E-state index is 12.8. The fourth-order valence-electron chi connectivity index (χ4n) is 1.98. The molecular formula is C15H18FN3OS. The standard InChI is InChI=1S/C15H18FN3OS/c1-10(8-11-2-4-12(16)5-3-11)18-15(20)13-9-21-14(19-13)6-7-17/h2-5,9-10H,6-8,17H2,1H3,(H,18,20). The van der Waals surface area contributed by atoms with E-state index in [0.717, 1.165) is 10.6 Å². The van der Waals surface area contributed by atoms with Crippen LogP contribution in [0.2, 0.25) is 0 Å². The van der Waals surface area contributed by atoms with E-state index in [1.165, 1.54) is 23.5 Å². The highest BCUT2D eigenvalue weighted by Gasteiger charge is 2.13. The van der Waals surface area contributed by atoms with Gasteiger partial charge in [-0.25, -0.2) is 9.37 Å². The molecule has 0 saturated heterocycles. The summed E-state index contributed by atoms with van der Waals surface area (Å²) in [4.78, 5) is 16.3. The number of hydrogen-bond acceptors (Lipinski definition) is 4. The molecule has 1 amide bonds. The summed E-state index contributed by atoms with van der Waals surface area (Å²) in [5.41, 5.74) is 6.87. The lowest BCUT2D eigenvalue weighted by Gasteiger charge is -2.13. The minimum atomic E-state index is -0.259. The van der Waals surface area contributed by atoms with Crippen LogP contribution in [0.3, 0.4) is 0 Å². The summed E-state index contributed by atoms with van der Waals surface area (Å²) in [6, 6.07) is 6.23. The number of carbonyl (C=O) groups excluding carboxylic acids is 1. The average Bonchev–Trinajstić information content (AvgIpc) is 2.90. The minimum absolute atomic E-state index is 0.0531. The third-order valence-corrected chi connectivity index (χ3v) is 3.88. The Balaban J connectivity index is 1.90. The maximum Gasteiger partial charge on any atom is 0.270 e. The number of halogens is 1. The molecule has 2 aromatic rings. The predicted molar refractivity (Wildman–Crippen MR) is 81.9 cm³/mol. The van der Waals surface area contributed by atoms with E-state index in [4.69, 9.17) is 5.73 Å². The summed E-state index contributed by atoms with van der Waals surface area (Å²) in [6.45, 7) is 2.43. The second kappa shape index (κ2) is 7.28. The molecule has 2 rings (SSSR count). The third kappa shape index (κ3) is 4.61. The van der Waals surface area contributed by atoms with Gasteiger partial charge in [-0.15, -0.1) is 11.3 Å². The normalized spacial score (nSPS) is 12.1. The average molecular weight is 307 g/mol. The fraction of sp³-hybridized carbons (Fsp3) is 0.333. The van der Waals surface area contributed by atoms with E-state index in [1.54, 1.807) is 17.5 Å². The largest absolute Gasteiger partial charge is 0.348 e. The van der Waals surface area contributed by atoms with E-state index in [0.29, 0.717) is 25.1 Å². The van der Waals surface area contributed by atoms with E-state index < -0.39 is 0 Å². The van der Waals surface area contributed by atoms with Crippen molar-refractivity contribution in [2.45, 2.75) is 25.8 Å². The number of hydrogen-bond donors (Lipinski definition) is 2. The van der Waals surface area contributed by atoms with Gasteiger partial charge in [0.1, 0.15) is 11.5 Å². The monoisotopic (exact) mass is 307 g/mol. The van der Waals surface area contributed by atoms with Crippen LogP contribution in [0.1, 0.15) is 28.0 Å². The first-order valence-electron chi connectivity index (χ1n) is 6.78. The van der Waals surface area contributed by atoms with Crippen molar-refractivity contribution in [3.8, 4) is 0 Å². The molecule has 21 heavy (non-hydrogen) atoms. The Morgan fingerprint density at radius 3 is 2.81 bits per heavy atom. The van der Waals surface area contributed by atoms with Crippen molar-refractivity contribution in [3.63, 3.8) is 0 Å². The van der Waals surface area contributed by atoms with Gasteiger partial charge in [0.15, 0.2) is 0 Å². The molecule has 0 bridgehead atoms. The summed E-state index contributed by atoms with van der Waals surface area (Å²) in [5.74, 6) is -0.450. The molecule has 0 aliphatic heterocycles. The van der Waals surface area contributed by atoms with Crippen molar-refractivity contribution >= 4 is 17.2 Å². The van der Waals surface area contributed by atoms with Crippen molar-refractivity contribution in [1.82, 2.24) is 10.3 Å². The number of carbonyl (C=O) groups is 1. The summed E-state index contributed by atoms with van der Waals surface area (Å²) < 4.78 is 12.8. The van der Waals surface area contributed by atoms with Gasteiger partial charge in [0.25, 0.3) is 5.91 Å². The lowest BCUT2D eigenvalue weighted by molar-refractivity contribution is 0.0935. The molecule has 0 saturated carbocycles. The zero-order valence-electron chi connectivity index (χ0n) is 11.8. The number of nitrogens with zero attached hydrogens (tertiary/aromatic N) is 1. The molecule has 4 nitrogen and oxygen atoms in total. The number of nitrogens with two attached hydrogens (primary N) is 1. The van der Waals surface area contributed by atoms with Crippen LogP contribution >= 0.6 is 11.3 Å². The van der Waals surface area contributed by atoms with Gasteiger partial charge in [0.05, 0.1) is 5.01 Å². The third-order valence-electron chi connectivity index (χ3n) is 2.98. The number of benzene rings is 1. The number of aromatic nitrogens is 1. The highest BCUT2D eigenvalue weighted by molar-refractivity contribution is 7.09. The van der Waals surface area contributed by atoms with Crippen molar-refractivity contribution in [3.05, 3.63) is 51.7 Å². The zero-order valence-corrected chi connectivity index (χ0v) is 12.6.